The molecule has 1 saturated carbocycles. The highest BCUT2D eigenvalue weighted by Gasteiger charge is 2.62. The monoisotopic (exact) mass is 388 g/mol. The fraction of sp³-hybridized carbons (Fsp3) is 0.533. The number of thiophene rings is 1. The summed E-state index contributed by atoms with van der Waals surface area (Å²) in [5.74, 6) is -2.10. The molecule has 1 aromatic heterocycles. The Kier molecular flexibility index (Phi) is 5.30. The third-order valence-electron chi connectivity index (χ3n) is 4.02. The second-order valence-electron chi connectivity index (χ2n) is 6.05. The van der Waals surface area contributed by atoms with E-state index in [1.54, 1.807) is 13.8 Å². The van der Waals surface area contributed by atoms with E-state index in [4.69, 9.17) is 16.3 Å². The summed E-state index contributed by atoms with van der Waals surface area (Å²) in [6.07, 6.45) is -6.42. The summed E-state index contributed by atoms with van der Waals surface area (Å²) in [4.78, 5) is 12.4. The van der Waals surface area contributed by atoms with Crippen molar-refractivity contribution in [3.63, 3.8) is 0 Å². The van der Waals surface area contributed by atoms with Gasteiger partial charge >= 0.3 is 12.1 Å². The minimum absolute atomic E-state index is 0.134. The third kappa shape index (κ3) is 4.08. The molecule has 0 N–H and O–H groups in total. The molecule has 1 aliphatic rings. The van der Waals surface area contributed by atoms with Gasteiger partial charge in [-0.05, 0) is 23.5 Å². The third-order valence-corrected chi connectivity index (χ3v) is 5.42. The molecule has 1 aliphatic carbocycles. The average Bonchev–Trinajstić information content (AvgIpc) is 2.83. The Labute approximate surface area is 144 Å². The molecule has 0 radical (unpaired) electrons. The van der Waals surface area contributed by atoms with Crippen LogP contribution in [-0.2, 0) is 16.1 Å². The number of hydrogen-bond acceptors (Lipinski definition) is 3. The molecule has 1 aromatic rings. The van der Waals surface area contributed by atoms with Gasteiger partial charge in [0.15, 0.2) is 0 Å². The van der Waals surface area contributed by atoms with Gasteiger partial charge in [-0.2, -0.15) is 13.2 Å². The molecule has 0 spiro atoms. The van der Waals surface area contributed by atoms with Gasteiger partial charge in [-0.25, -0.2) is 8.78 Å². The number of carbonyl (C=O) groups excluding carboxylic acids is 1. The average molecular weight is 389 g/mol. The lowest BCUT2D eigenvalue weighted by atomic mass is 10.1. The number of halogens is 6. The van der Waals surface area contributed by atoms with Gasteiger partial charge in [0.2, 0.25) is 0 Å². The van der Waals surface area contributed by atoms with E-state index in [0.717, 1.165) is 17.4 Å². The number of allylic oxidation sites excluding steroid dienone is 2. The van der Waals surface area contributed by atoms with E-state index < -0.39 is 40.9 Å². The molecule has 24 heavy (non-hydrogen) atoms. The minimum atomic E-state index is -4.66. The number of rotatable bonds is 5. The number of esters is 1. The van der Waals surface area contributed by atoms with E-state index in [0.29, 0.717) is 4.88 Å². The van der Waals surface area contributed by atoms with Crippen LogP contribution in [-0.4, -0.2) is 12.1 Å². The Bertz CT molecular complexity index is 651. The molecule has 0 amide bonds. The van der Waals surface area contributed by atoms with Gasteiger partial charge < -0.3 is 4.74 Å². The van der Waals surface area contributed by atoms with Gasteiger partial charge in [-0.1, -0.05) is 31.5 Å². The molecule has 9 heteroatoms. The number of carbonyl (C=O) groups is 1. The van der Waals surface area contributed by atoms with Crippen LogP contribution in [0.1, 0.15) is 30.0 Å². The quantitative estimate of drug-likeness (QED) is 0.478. The summed E-state index contributed by atoms with van der Waals surface area (Å²) >= 11 is 6.03. The summed E-state index contributed by atoms with van der Waals surface area (Å²) in [5, 5.41) is -1.27. The highest BCUT2D eigenvalue weighted by Crippen LogP contribution is 2.60. The number of alkyl halides is 5. The minimum Gasteiger partial charge on any atom is -0.460 e. The highest BCUT2D eigenvalue weighted by molar-refractivity contribution is 7.12. The lowest BCUT2D eigenvalue weighted by molar-refractivity contribution is -0.147. The van der Waals surface area contributed by atoms with E-state index in [1.807, 2.05) is 0 Å². The van der Waals surface area contributed by atoms with E-state index in [9.17, 15) is 26.7 Å². The van der Waals surface area contributed by atoms with Crippen molar-refractivity contribution in [3.8, 4) is 0 Å². The normalized spacial score (nSPS) is 23.5. The Morgan fingerprint density at radius 2 is 2.04 bits per heavy atom. The Morgan fingerprint density at radius 1 is 1.42 bits per heavy atom. The molecule has 134 valence electrons. The van der Waals surface area contributed by atoms with Crippen LogP contribution in [0.4, 0.5) is 22.0 Å². The molecule has 2 atom stereocenters. The zero-order valence-electron chi connectivity index (χ0n) is 12.7. The van der Waals surface area contributed by atoms with Crippen molar-refractivity contribution < 1.29 is 31.5 Å². The van der Waals surface area contributed by atoms with Crippen LogP contribution in [0.2, 0.25) is 0 Å². The smallest absolute Gasteiger partial charge is 0.426 e. The molecule has 0 aliphatic heterocycles. The van der Waals surface area contributed by atoms with Gasteiger partial charge in [0.1, 0.15) is 11.6 Å². The van der Waals surface area contributed by atoms with Crippen molar-refractivity contribution in [3.05, 3.63) is 33.0 Å². The molecule has 0 saturated heterocycles. The summed E-state index contributed by atoms with van der Waals surface area (Å²) in [6, 6.07) is 2.67. The van der Waals surface area contributed by atoms with Crippen molar-refractivity contribution in [2.24, 2.45) is 17.3 Å². The van der Waals surface area contributed by atoms with Crippen LogP contribution in [0.5, 0.6) is 0 Å². The van der Waals surface area contributed by atoms with Crippen LogP contribution in [0.15, 0.2) is 23.2 Å². The maximum Gasteiger partial charge on any atom is 0.426 e. The van der Waals surface area contributed by atoms with E-state index in [1.165, 1.54) is 12.1 Å². The lowest BCUT2D eigenvalue weighted by Crippen LogP contribution is -2.10. The predicted octanol–water partition coefficient (Wildman–Crippen LogP) is 5.69. The molecule has 0 aromatic carbocycles. The molecule has 0 bridgehead atoms. The number of hydrogen-bond donors (Lipinski definition) is 0. The Hall–Kier alpha value is -1.15. The van der Waals surface area contributed by atoms with Crippen LogP contribution >= 0.6 is 22.9 Å². The molecule has 2 rings (SSSR count). The van der Waals surface area contributed by atoms with Crippen molar-refractivity contribution in [2.75, 3.05) is 0 Å². The predicted molar refractivity (Wildman–Crippen MR) is 79.8 cm³/mol. The molecular weight excluding hydrogens is 375 g/mol. The summed E-state index contributed by atoms with van der Waals surface area (Å²) in [7, 11) is 0. The maximum atomic E-state index is 12.5. The number of ether oxygens (including phenoxy) is 1. The summed E-state index contributed by atoms with van der Waals surface area (Å²) in [5.41, 5.74) is -0.702. The SMILES string of the molecule is CC1(C)[C@H](C(=O)OCc2ccc(C(F)F)s2)[C@@H]1/C=C(\Cl)C(F)(F)F. The van der Waals surface area contributed by atoms with Crippen molar-refractivity contribution in [1.82, 2.24) is 0 Å². The standard InChI is InChI=1S/C15H14ClF5O2S/c1-14(2)8(5-10(16)15(19,20)21)11(14)13(22)23-6-7-3-4-9(24-7)12(17)18/h3-5,8,11-12H,6H2,1-2H3/b10-5-/t8-,11-/m0/s1. The van der Waals surface area contributed by atoms with E-state index in [-0.39, 0.29) is 11.5 Å². The first kappa shape index (κ1) is 19.2. The van der Waals surface area contributed by atoms with Gasteiger partial charge in [0.05, 0.1) is 10.8 Å². The summed E-state index contributed by atoms with van der Waals surface area (Å²) in [6.45, 7) is 3.09. The fourth-order valence-electron chi connectivity index (χ4n) is 2.51. The van der Waals surface area contributed by atoms with Crippen LogP contribution in [0.3, 0.4) is 0 Å². The zero-order valence-corrected chi connectivity index (χ0v) is 14.2. The van der Waals surface area contributed by atoms with Crippen molar-refractivity contribution >= 4 is 28.9 Å². The van der Waals surface area contributed by atoms with Crippen LogP contribution in [0, 0.1) is 17.3 Å². The first-order valence-electron chi connectivity index (χ1n) is 6.92. The molecular formula is C15H14ClF5O2S. The summed E-state index contributed by atoms with van der Waals surface area (Å²) < 4.78 is 67.4. The van der Waals surface area contributed by atoms with Gasteiger partial charge in [-0.15, -0.1) is 11.3 Å². The fourth-order valence-corrected chi connectivity index (χ4v) is 3.43. The van der Waals surface area contributed by atoms with Gasteiger partial charge in [0, 0.05) is 4.88 Å². The topological polar surface area (TPSA) is 26.3 Å². The van der Waals surface area contributed by atoms with Crippen molar-refractivity contribution in [2.45, 2.75) is 33.1 Å². The van der Waals surface area contributed by atoms with Crippen LogP contribution < -0.4 is 0 Å². The largest absolute Gasteiger partial charge is 0.460 e. The highest BCUT2D eigenvalue weighted by atomic mass is 35.5. The molecule has 0 unspecified atom stereocenters. The lowest BCUT2D eigenvalue weighted by Gasteiger charge is -2.04. The second-order valence-corrected chi connectivity index (χ2v) is 7.66. The Morgan fingerprint density at radius 3 is 2.54 bits per heavy atom. The second kappa shape index (κ2) is 6.63. The van der Waals surface area contributed by atoms with E-state index in [2.05, 4.69) is 0 Å². The van der Waals surface area contributed by atoms with Gasteiger partial charge in [0.25, 0.3) is 6.43 Å². The maximum absolute atomic E-state index is 12.5. The van der Waals surface area contributed by atoms with Gasteiger partial charge in [-0.3, -0.25) is 4.79 Å². The first-order chi connectivity index (χ1) is 10.9. The molecule has 2 nitrogen and oxygen atoms in total. The molecule has 1 fully saturated rings. The van der Waals surface area contributed by atoms with Crippen molar-refractivity contribution in [1.29, 1.82) is 0 Å². The first-order valence-corrected chi connectivity index (χ1v) is 8.12. The molecule has 1 heterocycles. The van der Waals surface area contributed by atoms with Crippen LogP contribution in [0.25, 0.3) is 0 Å². The zero-order chi connectivity index (χ0) is 18.3. The van der Waals surface area contributed by atoms with E-state index >= 15 is 0 Å². The Balaban J connectivity index is 1.97.